The monoisotopic (exact) mass is 256 g/mol. The summed E-state index contributed by atoms with van der Waals surface area (Å²) in [5.74, 6) is -0.515. The van der Waals surface area contributed by atoms with E-state index in [1.165, 1.54) is 6.07 Å². The minimum Gasteiger partial charge on any atom is -0.368 e. The number of carbonyl (C=O) groups is 1. The Morgan fingerprint density at radius 1 is 1.21 bits per heavy atom. The van der Waals surface area contributed by atoms with Crippen LogP contribution in [0.2, 0.25) is 0 Å². The Morgan fingerprint density at radius 3 is 2.79 bits per heavy atom. The largest absolute Gasteiger partial charge is 0.368 e. The molecule has 1 heterocycles. The molecule has 0 radical (unpaired) electrons. The first kappa shape index (κ1) is 11.7. The lowest BCUT2D eigenvalue weighted by atomic mass is 10.1. The van der Waals surface area contributed by atoms with Crippen molar-refractivity contribution in [2.75, 3.05) is 10.6 Å². The zero-order valence-electron chi connectivity index (χ0n) is 10.4. The third-order valence-corrected chi connectivity index (χ3v) is 3.22. The van der Waals surface area contributed by atoms with Crippen molar-refractivity contribution in [3.8, 4) is 0 Å². The van der Waals surface area contributed by atoms with E-state index in [1.54, 1.807) is 6.07 Å². The zero-order valence-corrected chi connectivity index (χ0v) is 10.4. The summed E-state index contributed by atoms with van der Waals surface area (Å²) in [7, 11) is 0. The van der Waals surface area contributed by atoms with Crippen LogP contribution in [-0.2, 0) is 4.79 Å². The lowest BCUT2D eigenvalue weighted by Gasteiger charge is -2.14. The molecule has 2 aromatic rings. The van der Waals surface area contributed by atoms with Crippen molar-refractivity contribution in [3.63, 3.8) is 0 Å². The summed E-state index contributed by atoms with van der Waals surface area (Å²) < 4.78 is 13.8. The SMILES string of the molecule is Cc1ccc(NC2C(=O)Nc3ccccc32)c(F)c1. The van der Waals surface area contributed by atoms with Gasteiger partial charge in [-0.3, -0.25) is 4.79 Å². The highest BCUT2D eigenvalue weighted by atomic mass is 19.1. The fraction of sp³-hybridized carbons (Fsp3) is 0.133. The van der Waals surface area contributed by atoms with E-state index in [1.807, 2.05) is 37.3 Å². The number of aryl methyl sites for hydroxylation is 1. The molecule has 1 amide bonds. The minimum atomic E-state index is -0.548. The Morgan fingerprint density at radius 2 is 2.00 bits per heavy atom. The van der Waals surface area contributed by atoms with Gasteiger partial charge >= 0.3 is 0 Å². The molecule has 3 rings (SSSR count). The predicted molar refractivity (Wildman–Crippen MR) is 72.6 cm³/mol. The van der Waals surface area contributed by atoms with Crippen molar-refractivity contribution >= 4 is 17.3 Å². The van der Waals surface area contributed by atoms with Crippen LogP contribution in [0, 0.1) is 12.7 Å². The average Bonchev–Trinajstić information content (AvgIpc) is 2.69. The van der Waals surface area contributed by atoms with Crippen molar-refractivity contribution in [1.29, 1.82) is 0 Å². The molecule has 0 aromatic heterocycles. The van der Waals surface area contributed by atoms with Crippen LogP contribution in [0.5, 0.6) is 0 Å². The number of nitrogens with one attached hydrogen (secondary N) is 2. The number of carbonyl (C=O) groups excluding carboxylic acids is 1. The third-order valence-electron chi connectivity index (χ3n) is 3.22. The molecule has 1 unspecified atom stereocenters. The van der Waals surface area contributed by atoms with E-state index >= 15 is 0 Å². The van der Waals surface area contributed by atoms with Gasteiger partial charge in [0, 0.05) is 11.3 Å². The normalized spacial score (nSPS) is 16.9. The highest BCUT2D eigenvalue weighted by Gasteiger charge is 2.30. The van der Waals surface area contributed by atoms with E-state index in [9.17, 15) is 9.18 Å². The molecule has 1 atom stereocenters. The minimum absolute atomic E-state index is 0.166. The first-order chi connectivity index (χ1) is 9.15. The van der Waals surface area contributed by atoms with Crippen molar-refractivity contribution in [3.05, 3.63) is 59.4 Å². The van der Waals surface area contributed by atoms with Gasteiger partial charge in [0.25, 0.3) is 5.91 Å². The molecule has 0 spiro atoms. The van der Waals surface area contributed by atoms with Crippen molar-refractivity contribution < 1.29 is 9.18 Å². The molecule has 4 heteroatoms. The second-order valence-electron chi connectivity index (χ2n) is 4.64. The lowest BCUT2D eigenvalue weighted by molar-refractivity contribution is -0.116. The van der Waals surface area contributed by atoms with E-state index in [2.05, 4.69) is 10.6 Å². The Bertz CT molecular complexity index is 654. The van der Waals surface area contributed by atoms with Crippen LogP contribution < -0.4 is 10.6 Å². The molecule has 0 saturated heterocycles. The molecule has 3 nitrogen and oxygen atoms in total. The van der Waals surface area contributed by atoms with Crippen molar-refractivity contribution in [1.82, 2.24) is 0 Å². The topological polar surface area (TPSA) is 41.1 Å². The molecular formula is C15H13FN2O. The molecule has 19 heavy (non-hydrogen) atoms. The summed E-state index contributed by atoms with van der Waals surface area (Å²) in [6, 6.07) is 11.8. The molecule has 96 valence electrons. The fourth-order valence-electron chi connectivity index (χ4n) is 2.24. The molecular weight excluding hydrogens is 243 g/mol. The second kappa shape index (κ2) is 4.39. The maximum absolute atomic E-state index is 13.8. The Kier molecular flexibility index (Phi) is 2.71. The first-order valence-corrected chi connectivity index (χ1v) is 6.07. The van der Waals surface area contributed by atoms with Gasteiger partial charge in [-0.2, -0.15) is 0 Å². The fourth-order valence-corrected chi connectivity index (χ4v) is 2.24. The molecule has 0 saturated carbocycles. The number of halogens is 1. The van der Waals surface area contributed by atoms with Gasteiger partial charge in [0.1, 0.15) is 11.9 Å². The van der Waals surface area contributed by atoms with Crippen molar-refractivity contribution in [2.45, 2.75) is 13.0 Å². The van der Waals surface area contributed by atoms with Crippen molar-refractivity contribution in [2.24, 2.45) is 0 Å². The van der Waals surface area contributed by atoms with E-state index in [0.29, 0.717) is 5.69 Å². The molecule has 1 aliphatic rings. The van der Waals surface area contributed by atoms with E-state index in [0.717, 1.165) is 16.8 Å². The number of amides is 1. The smallest absolute Gasteiger partial charge is 0.251 e. The van der Waals surface area contributed by atoms with Crippen LogP contribution in [0.25, 0.3) is 0 Å². The van der Waals surface area contributed by atoms with Gasteiger partial charge in [-0.05, 0) is 30.7 Å². The van der Waals surface area contributed by atoms with Gasteiger partial charge < -0.3 is 10.6 Å². The Labute approximate surface area is 110 Å². The number of benzene rings is 2. The van der Waals surface area contributed by atoms with Gasteiger partial charge in [0.2, 0.25) is 0 Å². The summed E-state index contributed by atoms with van der Waals surface area (Å²) >= 11 is 0. The number of anilines is 2. The maximum Gasteiger partial charge on any atom is 0.251 e. The number of rotatable bonds is 2. The number of para-hydroxylation sites is 1. The summed E-state index contributed by atoms with van der Waals surface area (Å²) in [5.41, 5.74) is 2.80. The van der Waals surface area contributed by atoms with Gasteiger partial charge in [-0.15, -0.1) is 0 Å². The number of hydrogen-bond acceptors (Lipinski definition) is 2. The Hall–Kier alpha value is -2.36. The van der Waals surface area contributed by atoms with Gasteiger partial charge in [0.15, 0.2) is 0 Å². The van der Waals surface area contributed by atoms with Gasteiger partial charge in [-0.1, -0.05) is 24.3 Å². The van der Waals surface area contributed by atoms with Gasteiger partial charge in [-0.25, -0.2) is 4.39 Å². The lowest BCUT2D eigenvalue weighted by Crippen LogP contribution is -2.20. The van der Waals surface area contributed by atoms with E-state index in [-0.39, 0.29) is 11.7 Å². The molecule has 2 aromatic carbocycles. The molecule has 2 N–H and O–H groups in total. The summed E-state index contributed by atoms with van der Waals surface area (Å²) in [6.07, 6.45) is 0. The molecule has 0 fully saturated rings. The third kappa shape index (κ3) is 2.05. The van der Waals surface area contributed by atoms with Crippen LogP contribution in [0.1, 0.15) is 17.2 Å². The number of fused-ring (bicyclic) bond motifs is 1. The summed E-state index contributed by atoms with van der Waals surface area (Å²) in [6.45, 7) is 1.82. The second-order valence-corrected chi connectivity index (χ2v) is 4.64. The summed E-state index contributed by atoms with van der Waals surface area (Å²) in [5, 5.41) is 5.73. The van der Waals surface area contributed by atoms with E-state index in [4.69, 9.17) is 0 Å². The highest BCUT2D eigenvalue weighted by molar-refractivity contribution is 6.04. The molecule has 0 bridgehead atoms. The zero-order chi connectivity index (χ0) is 13.4. The van der Waals surface area contributed by atoms with Crippen LogP contribution >= 0.6 is 0 Å². The quantitative estimate of drug-likeness (QED) is 0.866. The standard InChI is InChI=1S/C15H13FN2O/c1-9-6-7-13(11(16)8-9)17-14-10-4-2-3-5-12(10)18-15(14)19/h2-8,14,17H,1H3,(H,18,19). The molecule has 1 aliphatic heterocycles. The highest BCUT2D eigenvalue weighted by Crippen LogP contribution is 2.33. The Balaban J connectivity index is 1.93. The van der Waals surface area contributed by atoms with Crippen LogP contribution in [0.3, 0.4) is 0 Å². The van der Waals surface area contributed by atoms with Gasteiger partial charge in [0.05, 0.1) is 5.69 Å². The van der Waals surface area contributed by atoms with Crippen LogP contribution in [0.4, 0.5) is 15.8 Å². The first-order valence-electron chi connectivity index (χ1n) is 6.07. The maximum atomic E-state index is 13.8. The van der Waals surface area contributed by atoms with Crippen LogP contribution in [0.15, 0.2) is 42.5 Å². The summed E-state index contributed by atoms with van der Waals surface area (Å²) in [4.78, 5) is 11.9. The van der Waals surface area contributed by atoms with Crippen LogP contribution in [-0.4, -0.2) is 5.91 Å². The average molecular weight is 256 g/mol. The van der Waals surface area contributed by atoms with E-state index < -0.39 is 6.04 Å². The predicted octanol–water partition coefficient (Wildman–Crippen LogP) is 3.24. The molecule has 0 aliphatic carbocycles. The number of hydrogen-bond donors (Lipinski definition) is 2.